The second-order valence-corrected chi connectivity index (χ2v) is 6.47. The normalized spacial score (nSPS) is 19.7. The lowest BCUT2D eigenvalue weighted by atomic mass is 9.93. The second-order valence-electron chi connectivity index (χ2n) is 6.47. The van der Waals surface area contributed by atoms with Crippen molar-refractivity contribution in [1.82, 2.24) is 9.80 Å². The number of likely N-dealkylation sites (tertiary alicyclic amines) is 1. The van der Waals surface area contributed by atoms with E-state index in [1.165, 1.54) is 0 Å². The molecule has 19 heavy (non-hydrogen) atoms. The van der Waals surface area contributed by atoms with Gasteiger partial charge >= 0.3 is 0 Å². The van der Waals surface area contributed by atoms with Crippen molar-refractivity contribution < 1.29 is 4.79 Å². The largest absolute Gasteiger partial charge is 0.343 e. The van der Waals surface area contributed by atoms with E-state index in [2.05, 4.69) is 25.8 Å². The van der Waals surface area contributed by atoms with Crippen LogP contribution in [0.15, 0.2) is 0 Å². The highest BCUT2D eigenvalue weighted by Crippen LogP contribution is 2.19. The Morgan fingerprint density at radius 2 is 1.95 bits per heavy atom. The molecule has 2 N–H and O–H groups in total. The Labute approximate surface area is 118 Å². The van der Waals surface area contributed by atoms with Crippen LogP contribution in [0.25, 0.3) is 0 Å². The first-order valence-corrected chi connectivity index (χ1v) is 7.58. The Balaban J connectivity index is 2.42. The van der Waals surface area contributed by atoms with Gasteiger partial charge in [0.05, 0.1) is 0 Å². The highest BCUT2D eigenvalue weighted by Gasteiger charge is 2.25. The lowest BCUT2D eigenvalue weighted by Gasteiger charge is -2.35. The molecule has 0 radical (unpaired) electrons. The average molecular weight is 269 g/mol. The molecule has 1 heterocycles. The smallest absolute Gasteiger partial charge is 0.222 e. The Kier molecular flexibility index (Phi) is 6.80. The van der Waals surface area contributed by atoms with E-state index < -0.39 is 0 Å². The van der Waals surface area contributed by atoms with Crippen molar-refractivity contribution in [3.05, 3.63) is 0 Å². The Bertz CT molecular complexity index is 273. The molecule has 0 bridgehead atoms. The predicted molar refractivity (Wildman–Crippen MR) is 79.9 cm³/mol. The van der Waals surface area contributed by atoms with Crippen LogP contribution in [0.2, 0.25) is 0 Å². The summed E-state index contributed by atoms with van der Waals surface area (Å²) in [7, 11) is 4.10. The van der Waals surface area contributed by atoms with Crippen molar-refractivity contribution in [2.45, 2.75) is 45.6 Å². The van der Waals surface area contributed by atoms with Crippen molar-refractivity contribution in [2.24, 2.45) is 17.6 Å². The number of hydrogen-bond acceptors (Lipinski definition) is 3. The SMILES string of the molecule is CC(C)C[C@H](CN)CC(=O)N(C)C1CCN(C)CC1. The number of carbonyl (C=O) groups is 1. The maximum absolute atomic E-state index is 12.3. The second kappa shape index (κ2) is 7.85. The van der Waals surface area contributed by atoms with Gasteiger partial charge in [0, 0.05) is 19.5 Å². The summed E-state index contributed by atoms with van der Waals surface area (Å²) in [5.41, 5.74) is 5.79. The van der Waals surface area contributed by atoms with Crippen LogP contribution in [0.1, 0.15) is 39.5 Å². The van der Waals surface area contributed by atoms with E-state index in [1.807, 2.05) is 11.9 Å². The van der Waals surface area contributed by atoms with Crippen LogP contribution >= 0.6 is 0 Å². The molecule has 0 aromatic carbocycles. The molecule has 0 aromatic rings. The first-order valence-electron chi connectivity index (χ1n) is 7.58. The van der Waals surface area contributed by atoms with Gasteiger partial charge in [-0.1, -0.05) is 13.8 Å². The van der Waals surface area contributed by atoms with Gasteiger partial charge in [0.2, 0.25) is 5.91 Å². The van der Waals surface area contributed by atoms with Gasteiger partial charge in [-0.15, -0.1) is 0 Å². The van der Waals surface area contributed by atoms with Gasteiger partial charge in [-0.3, -0.25) is 4.79 Å². The van der Waals surface area contributed by atoms with Crippen molar-refractivity contribution in [1.29, 1.82) is 0 Å². The molecule has 4 nitrogen and oxygen atoms in total. The van der Waals surface area contributed by atoms with E-state index >= 15 is 0 Å². The molecule has 1 aliphatic heterocycles. The van der Waals surface area contributed by atoms with Crippen LogP contribution in [-0.4, -0.2) is 55.5 Å². The van der Waals surface area contributed by atoms with Crippen LogP contribution in [-0.2, 0) is 4.79 Å². The molecule has 112 valence electrons. The van der Waals surface area contributed by atoms with E-state index in [4.69, 9.17) is 5.73 Å². The standard InChI is InChI=1S/C15H31N3O/c1-12(2)9-13(11-16)10-15(19)18(4)14-5-7-17(3)8-6-14/h12-14H,5-11,16H2,1-4H3/t13-/m0/s1. The molecular formula is C15H31N3O. The van der Waals surface area contributed by atoms with Gasteiger partial charge in [0.15, 0.2) is 0 Å². The van der Waals surface area contributed by atoms with Crippen LogP contribution in [0, 0.1) is 11.8 Å². The summed E-state index contributed by atoms with van der Waals surface area (Å²) >= 11 is 0. The summed E-state index contributed by atoms with van der Waals surface area (Å²) in [6, 6.07) is 0.418. The quantitative estimate of drug-likeness (QED) is 0.796. The molecule has 1 aliphatic rings. The molecule has 0 unspecified atom stereocenters. The average Bonchev–Trinajstić information content (AvgIpc) is 2.37. The maximum atomic E-state index is 12.3. The van der Waals surface area contributed by atoms with E-state index in [9.17, 15) is 4.79 Å². The van der Waals surface area contributed by atoms with Gasteiger partial charge < -0.3 is 15.5 Å². The minimum atomic E-state index is 0.269. The summed E-state index contributed by atoms with van der Waals surface area (Å²) in [6.07, 6.45) is 3.84. The van der Waals surface area contributed by atoms with E-state index in [1.54, 1.807) is 0 Å². The molecule has 1 amide bonds. The number of rotatable bonds is 6. The van der Waals surface area contributed by atoms with Crippen molar-refractivity contribution in [2.75, 3.05) is 33.7 Å². The van der Waals surface area contributed by atoms with Crippen LogP contribution < -0.4 is 5.73 Å². The fourth-order valence-corrected chi connectivity index (χ4v) is 2.91. The molecule has 1 rings (SSSR count). The topological polar surface area (TPSA) is 49.6 Å². The number of piperidine rings is 1. The van der Waals surface area contributed by atoms with Crippen molar-refractivity contribution >= 4 is 5.91 Å². The molecule has 1 fully saturated rings. The minimum absolute atomic E-state index is 0.269. The molecule has 1 saturated heterocycles. The zero-order valence-electron chi connectivity index (χ0n) is 13.1. The molecule has 0 saturated carbocycles. The zero-order chi connectivity index (χ0) is 14.4. The van der Waals surface area contributed by atoms with E-state index in [0.717, 1.165) is 32.4 Å². The van der Waals surface area contributed by atoms with E-state index in [-0.39, 0.29) is 5.91 Å². The number of amides is 1. The minimum Gasteiger partial charge on any atom is -0.343 e. The van der Waals surface area contributed by atoms with Crippen molar-refractivity contribution in [3.8, 4) is 0 Å². The zero-order valence-corrected chi connectivity index (χ0v) is 13.1. The third-order valence-electron chi connectivity index (χ3n) is 4.23. The predicted octanol–water partition coefficient (Wildman–Crippen LogP) is 1.55. The fraction of sp³-hybridized carbons (Fsp3) is 0.933. The van der Waals surface area contributed by atoms with Gasteiger partial charge in [-0.25, -0.2) is 0 Å². The maximum Gasteiger partial charge on any atom is 0.222 e. The van der Waals surface area contributed by atoms with Gasteiger partial charge in [-0.2, -0.15) is 0 Å². The number of hydrogen-bond donors (Lipinski definition) is 1. The Morgan fingerprint density at radius 3 is 2.42 bits per heavy atom. The Hall–Kier alpha value is -0.610. The summed E-state index contributed by atoms with van der Waals surface area (Å²) in [6.45, 7) is 7.18. The highest BCUT2D eigenvalue weighted by atomic mass is 16.2. The van der Waals surface area contributed by atoms with Gasteiger partial charge in [0.1, 0.15) is 0 Å². The monoisotopic (exact) mass is 269 g/mol. The van der Waals surface area contributed by atoms with Gasteiger partial charge in [0.25, 0.3) is 0 Å². The molecule has 1 atom stereocenters. The molecule has 0 aromatic heterocycles. The number of nitrogens with zero attached hydrogens (tertiary/aromatic N) is 2. The molecule has 4 heteroatoms. The first-order chi connectivity index (χ1) is 8.93. The van der Waals surface area contributed by atoms with E-state index in [0.29, 0.717) is 30.8 Å². The third-order valence-corrected chi connectivity index (χ3v) is 4.23. The number of nitrogens with two attached hydrogens (primary N) is 1. The molecule has 0 spiro atoms. The lowest BCUT2D eigenvalue weighted by molar-refractivity contribution is -0.133. The lowest BCUT2D eigenvalue weighted by Crippen LogP contribution is -2.45. The summed E-state index contributed by atoms with van der Waals surface area (Å²) in [4.78, 5) is 16.6. The van der Waals surface area contributed by atoms with Gasteiger partial charge in [-0.05, 0) is 57.8 Å². The molecular weight excluding hydrogens is 238 g/mol. The summed E-state index contributed by atoms with van der Waals surface area (Å²) in [5.74, 6) is 1.21. The van der Waals surface area contributed by atoms with Crippen molar-refractivity contribution in [3.63, 3.8) is 0 Å². The third kappa shape index (κ3) is 5.49. The first kappa shape index (κ1) is 16.4. The number of carbonyl (C=O) groups excluding carboxylic acids is 1. The Morgan fingerprint density at radius 1 is 1.37 bits per heavy atom. The fourth-order valence-electron chi connectivity index (χ4n) is 2.91. The summed E-state index contributed by atoms with van der Waals surface area (Å²) < 4.78 is 0. The summed E-state index contributed by atoms with van der Waals surface area (Å²) in [5, 5.41) is 0. The van der Waals surface area contributed by atoms with Crippen LogP contribution in [0.5, 0.6) is 0 Å². The highest BCUT2D eigenvalue weighted by molar-refractivity contribution is 5.76. The van der Waals surface area contributed by atoms with Crippen LogP contribution in [0.4, 0.5) is 0 Å². The molecule has 0 aliphatic carbocycles. The van der Waals surface area contributed by atoms with Crippen LogP contribution in [0.3, 0.4) is 0 Å².